The van der Waals surface area contributed by atoms with Crippen LogP contribution in [0.4, 0.5) is 0 Å². The molecule has 4 heteroatoms. The Labute approximate surface area is 128 Å². The molecule has 4 nitrogen and oxygen atoms in total. The monoisotopic (exact) mass is 295 g/mol. The molecular weight excluding hydrogens is 266 g/mol. The van der Waals surface area contributed by atoms with Crippen molar-refractivity contribution < 1.29 is 14.7 Å². The number of hydrogen-bond donors (Lipinski definition) is 2. The Morgan fingerprint density at radius 3 is 2.62 bits per heavy atom. The fourth-order valence-corrected chi connectivity index (χ4v) is 3.60. The second kappa shape index (κ2) is 7.62. The standard InChI is InChI=1S/C17H29NO3/c1-5-14-7-9-17(11-14,16(20)21)10-8-15(6-2)12(3)18-13(4)19/h5,12,14-15H,1,6-11H2,2-4H3,(H,18,19)(H,20,21). The molecule has 1 rings (SSSR count). The summed E-state index contributed by atoms with van der Waals surface area (Å²) in [6.45, 7) is 9.42. The first-order chi connectivity index (χ1) is 9.84. The smallest absolute Gasteiger partial charge is 0.309 e. The Kier molecular flexibility index (Phi) is 6.43. The average Bonchev–Trinajstić information content (AvgIpc) is 2.83. The Morgan fingerprint density at radius 1 is 1.52 bits per heavy atom. The van der Waals surface area contributed by atoms with Crippen molar-refractivity contribution in [1.82, 2.24) is 5.32 Å². The molecule has 1 fully saturated rings. The minimum absolute atomic E-state index is 0.0264. The molecule has 1 aliphatic rings. The fraction of sp³-hybridized carbons (Fsp3) is 0.765. The SMILES string of the molecule is C=CC1CCC(CCC(CC)C(C)NC(C)=O)(C(=O)O)C1. The number of amides is 1. The van der Waals surface area contributed by atoms with Crippen LogP contribution in [0.1, 0.15) is 59.3 Å². The number of carbonyl (C=O) groups excluding carboxylic acids is 1. The minimum Gasteiger partial charge on any atom is -0.481 e. The lowest BCUT2D eigenvalue weighted by Gasteiger charge is -2.29. The largest absolute Gasteiger partial charge is 0.481 e. The van der Waals surface area contributed by atoms with Crippen molar-refractivity contribution in [1.29, 1.82) is 0 Å². The second-order valence-corrected chi connectivity index (χ2v) is 6.52. The highest BCUT2D eigenvalue weighted by Crippen LogP contribution is 2.46. The molecule has 1 saturated carbocycles. The van der Waals surface area contributed by atoms with Crippen molar-refractivity contribution in [3.8, 4) is 0 Å². The molecule has 0 aromatic rings. The Bertz CT molecular complexity index is 393. The molecule has 1 amide bonds. The van der Waals surface area contributed by atoms with Crippen LogP contribution in [0, 0.1) is 17.3 Å². The molecule has 0 radical (unpaired) electrons. The van der Waals surface area contributed by atoms with E-state index < -0.39 is 11.4 Å². The van der Waals surface area contributed by atoms with Gasteiger partial charge in [0.15, 0.2) is 0 Å². The molecule has 120 valence electrons. The summed E-state index contributed by atoms with van der Waals surface area (Å²) in [6.07, 6.45) is 6.74. The van der Waals surface area contributed by atoms with E-state index in [1.54, 1.807) is 0 Å². The molecule has 0 heterocycles. The number of nitrogens with one attached hydrogen (secondary N) is 1. The maximum Gasteiger partial charge on any atom is 0.309 e. The molecule has 0 aromatic carbocycles. The predicted octanol–water partition coefficient (Wildman–Crippen LogP) is 3.37. The van der Waals surface area contributed by atoms with E-state index >= 15 is 0 Å². The van der Waals surface area contributed by atoms with Crippen LogP contribution in [0.25, 0.3) is 0 Å². The maximum absolute atomic E-state index is 11.7. The molecule has 0 bridgehead atoms. The predicted molar refractivity (Wildman–Crippen MR) is 83.9 cm³/mol. The number of rotatable bonds is 8. The van der Waals surface area contributed by atoms with E-state index in [1.807, 2.05) is 13.0 Å². The zero-order valence-corrected chi connectivity index (χ0v) is 13.5. The average molecular weight is 295 g/mol. The summed E-state index contributed by atoms with van der Waals surface area (Å²) in [6, 6.07) is 0.0925. The van der Waals surface area contributed by atoms with Gasteiger partial charge in [-0.3, -0.25) is 9.59 Å². The van der Waals surface area contributed by atoms with Gasteiger partial charge in [0, 0.05) is 13.0 Å². The highest BCUT2D eigenvalue weighted by Gasteiger charge is 2.44. The third-order valence-corrected chi connectivity index (χ3v) is 5.09. The summed E-state index contributed by atoms with van der Waals surface area (Å²) in [5.74, 6) is -0.0442. The van der Waals surface area contributed by atoms with Crippen LogP contribution < -0.4 is 5.32 Å². The van der Waals surface area contributed by atoms with Crippen molar-refractivity contribution in [2.45, 2.75) is 65.3 Å². The van der Waals surface area contributed by atoms with Crippen LogP contribution in [-0.2, 0) is 9.59 Å². The third kappa shape index (κ3) is 4.58. The fourth-order valence-electron chi connectivity index (χ4n) is 3.60. The minimum atomic E-state index is -0.672. The Balaban J connectivity index is 2.66. The summed E-state index contributed by atoms with van der Waals surface area (Å²) in [5, 5.41) is 12.6. The van der Waals surface area contributed by atoms with Gasteiger partial charge < -0.3 is 10.4 Å². The quantitative estimate of drug-likeness (QED) is 0.675. The molecule has 0 aromatic heterocycles. The molecule has 4 unspecified atom stereocenters. The number of allylic oxidation sites excluding steroid dienone is 1. The zero-order valence-electron chi connectivity index (χ0n) is 13.5. The Hall–Kier alpha value is -1.32. The molecule has 4 atom stereocenters. The van der Waals surface area contributed by atoms with E-state index in [0.717, 1.165) is 25.7 Å². The van der Waals surface area contributed by atoms with E-state index in [9.17, 15) is 14.7 Å². The Morgan fingerprint density at radius 2 is 2.19 bits per heavy atom. The highest BCUT2D eigenvalue weighted by molar-refractivity contribution is 5.75. The van der Waals surface area contributed by atoms with E-state index in [4.69, 9.17) is 0 Å². The van der Waals surface area contributed by atoms with Crippen LogP contribution in [-0.4, -0.2) is 23.0 Å². The molecule has 0 saturated heterocycles. The summed E-state index contributed by atoms with van der Waals surface area (Å²) in [7, 11) is 0. The third-order valence-electron chi connectivity index (χ3n) is 5.09. The molecule has 0 spiro atoms. The summed E-state index contributed by atoms with van der Waals surface area (Å²) in [4.78, 5) is 22.9. The zero-order chi connectivity index (χ0) is 16.0. The van der Waals surface area contributed by atoms with E-state index in [-0.39, 0.29) is 11.9 Å². The maximum atomic E-state index is 11.7. The lowest BCUT2D eigenvalue weighted by Crippen LogP contribution is -2.38. The number of carbonyl (C=O) groups is 2. The molecular formula is C17H29NO3. The van der Waals surface area contributed by atoms with Gasteiger partial charge in [-0.15, -0.1) is 6.58 Å². The number of aliphatic carboxylic acids is 1. The molecule has 21 heavy (non-hydrogen) atoms. The van der Waals surface area contributed by atoms with E-state index in [0.29, 0.717) is 24.7 Å². The highest BCUT2D eigenvalue weighted by atomic mass is 16.4. The van der Waals surface area contributed by atoms with Crippen LogP contribution in [0.15, 0.2) is 12.7 Å². The van der Waals surface area contributed by atoms with E-state index in [2.05, 4.69) is 18.8 Å². The lowest BCUT2D eigenvalue weighted by molar-refractivity contribution is -0.149. The molecule has 2 N–H and O–H groups in total. The van der Waals surface area contributed by atoms with Gasteiger partial charge in [0.1, 0.15) is 0 Å². The van der Waals surface area contributed by atoms with Gasteiger partial charge in [0.2, 0.25) is 5.91 Å². The topological polar surface area (TPSA) is 66.4 Å². The van der Waals surface area contributed by atoms with Crippen molar-refractivity contribution in [3.63, 3.8) is 0 Å². The molecule has 0 aliphatic heterocycles. The van der Waals surface area contributed by atoms with E-state index in [1.165, 1.54) is 6.92 Å². The number of carboxylic acids is 1. The van der Waals surface area contributed by atoms with Gasteiger partial charge in [-0.1, -0.05) is 19.4 Å². The van der Waals surface area contributed by atoms with Crippen LogP contribution in [0.2, 0.25) is 0 Å². The van der Waals surface area contributed by atoms with Crippen LogP contribution >= 0.6 is 0 Å². The van der Waals surface area contributed by atoms with Crippen molar-refractivity contribution in [3.05, 3.63) is 12.7 Å². The van der Waals surface area contributed by atoms with Gasteiger partial charge in [-0.25, -0.2) is 0 Å². The van der Waals surface area contributed by atoms with Crippen molar-refractivity contribution in [2.24, 2.45) is 17.3 Å². The van der Waals surface area contributed by atoms with Crippen LogP contribution in [0.3, 0.4) is 0 Å². The first kappa shape index (κ1) is 17.7. The van der Waals surface area contributed by atoms with Crippen LogP contribution in [0.5, 0.6) is 0 Å². The molecule has 1 aliphatic carbocycles. The van der Waals surface area contributed by atoms with Gasteiger partial charge in [-0.05, 0) is 50.9 Å². The normalized spacial score (nSPS) is 27.9. The lowest BCUT2D eigenvalue weighted by atomic mass is 9.77. The second-order valence-electron chi connectivity index (χ2n) is 6.52. The number of carboxylic acid groups (broad SMARTS) is 1. The van der Waals surface area contributed by atoms with Gasteiger partial charge in [0.05, 0.1) is 5.41 Å². The summed E-state index contributed by atoms with van der Waals surface area (Å²) < 4.78 is 0. The van der Waals surface area contributed by atoms with Crippen molar-refractivity contribution >= 4 is 11.9 Å². The van der Waals surface area contributed by atoms with Crippen molar-refractivity contribution in [2.75, 3.05) is 0 Å². The summed E-state index contributed by atoms with van der Waals surface area (Å²) in [5.41, 5.74) is -0.595. The van der Waals surface area contributed by atoms with Gasteiger partial charge >= 0.3 is 5.97 Å². The van der Waals surface area contributed by atoms with Gasteiger partial charge in [0.25, 0.3) is 0 Å². The summed E-state index contributed by atoms with van der Waals surface area (Å²) >= 11 is 0. The van der Waals surface area contributed by atoms with Gasteiger partial charge in [-0.2, -0.15) is 0 Å². The first-order valence-electron chi connectivity index (χ1n) is 7.97. The first-order valence-corrected chi connectivity index (χ1v) is 7.97. The number of hydrogen-bond acceptors (Lipinski definition) is 2.